The molecule has 1 aliphatic heterocycles. The Kier molecular flexibility index (Phi) is 3.59. The van der Waals surface area contributed by atoms with Crippen molar-refractivity contribution in [3.05, 3.63) is 29.3 Å². The van der Waals surface area contributed by atoms with E-state index in [0.29, 0.717) is 18.8 Å². The van der Waals surface area contributed by atoms with E-state index in [2.05, 4.69) is 5.32 Å². The van der Waals surface area contributed by atoms with Crippen LogP contribution in [0.15, 0.2) is 18.2 Å². The lowest BCUT2D eigenvalue weighted by molar-refractivity contribution is -0.133. The molecular weight excluding hydrogens is 246 g/mol. The number of carbonyl (C=O) groups excluding carboxylic acids is 1. The normalized spacial score (nSPS) is 15.5. The average molecular weight is 263 g/mol. The zero-order valence-corrected chi connectivity index (χ0v) is 10.7. The molecule has 2 rings (SSSR count). The highest BCUT2D eigenvalue weighted by molar-refractivity contribution is 5.85. The number of hydrogen-bond acceptors (Lipinski definition) is 3. The molecule has 1 aliphatic rings. The zero-order valence-electron chi connectivity index (χ0n) is 10.7. The number of hydrogen-bond donors (Lipinski definition) is 3. The third-order valence-corrected chi connectivity index (χ3v) is 3.26. The molecule has 1 unspecified atom stereocenters. The molecule has 0 aromatic heterocycles. The van der Waals surface area contributed by atoms with E-state index in [-0.39, 0.29) is 5.91 Å². The van der Waals surface area contributed by atoms with Crippen molar-refractivity contribution in [3.63, 3.8) is 0 Å². The second-order valence-corrected chi connectivity index (χ2v) is 4.71. The molecule has 0 fully saturated rings. The minimum Gasteiger partial charge on any atom is -0.465 e. The van der Waals surface area contributed by atoms with Gasteiger partial charge in [-0.05, 0) is 36.6 Å². The molecule has 1 aromatic rings. The van der Waals surface area contributed by atoms with Crippen LogP contribution in [0.1, 0.15) is 18.1 Å². The predicted octanol–water partition coefficient (Wildman–Crippen LogP) is 0.810. The maximum atomic E-state index is 12.1. The van der Waals surface area contributed by atoms with E-state index >= 15 is 0 Å². The number of nitrogen functional groups attached to an aromatic ring is 1. The highest BCUT2D eigenvalue weighted by Gasteiger charge is 2.25. The van der Waals surface area contributed by atoms with Crippen LogP contribution in [-0.2, 0) is 17.8 Å². The van der Waals surface area contributed by atoms with E-state index in [1.807, 2.05) is 18.2 Å². The predicted molar refractivity (Wildman–Crippen MR) is 70.6 cm³/mol. The van der Waals surface area contributed by atoms with Crippen molar-refractivity contribution >= 4 is 17.7 Å². The Bertz CT molecular complexity index is 516. The molecule has 1 heterocycles. The zero-order chi connectivity index (χ0) is 14.0. The van der Waals surface area contributed by atoms with Crippen molar-refractivity contribution in [2.75, 3.05) is 12.3 Å². The lowest BCUT2D eigenvalue weighted by Gasteiger charge is -2.31. The van der Waals surface area contributed by atoms with Crippen LogP contribution >= 0.6 is 0 Å². The summed E-state index contributed by atoms with van der Waals surface area (Å²) < 4.78 is 0. The molecule has 19 heavy (non-hydrogen) atoms. The maximum absolute atomic E-state index is 12.1. The number of amides is 2. The summed E-state index contributed by atoms with van der Waals surface area (Å²) >= 11 is 0. The van der Waals surface area contributed by atoms with Crippen LogP contribution in [0.4, 0.5) is 10.5 Å². The minimum absolute atomic E-state index is 0.213. The third-order valence-electron chi connectivity index (χ3n) is 3.26. The van der Waals surface area contributed by atoms with Crippen LogP contribution in [-0.4, -0.2) is 34.6 Å². The molecule has 1 atom stereocenters. The monoisotopic (exact) mass is 263 g/mol. The van der Waals surface area contributed by atoms with Crippen molar-refractivity contribution < 1.29 is 14.7 Å². The highest BCUT2D eigenvalue weighted by atomic mass is 16.4. The van der Waals surface area contributed by atoms with Crippen molar-refractivity contribution in [1.82, 2.24) is 10.2 Å². The number of anilines is 1. The van der Waals surface area contributed by atoms with E-state index in [1.54, 1.807) is 11.8 Å². The van der Waals surface area contributed by atoms with E-state index in [9.17, 15) is 9.59 Å². The average Bonchev–Trinajstić information content (AvgIpc) is 2.36. The fourth-order valence-electron chi connectivity index (χ4n) is 2.29. The van der Waals surface area contributed by atoms with E-state index < -0.39 is 12.1 Å². The molecule has 1 aromatic carbocycles. The Morgan fingerprint density at radius 3 is 2.84 bits per heavy atom. The van der Waals surface area contributed by atoms with Gasteiger partial charge in [0, 0.05) is 18.8 Å². The summed E-state index contributed by atoms with van der Waals surface area (Å²) in [6.45, 7) is 2.62. The SMILES string of the molecule is CC(NC(=O)O)C(=O)N1CCc2ccc(N)cc2C1. The molecule has 0 saturated carbocycles. The molecule has 0 radical (unpaired) electrons. The molecular formula is C13H17N3O3. The molecule has 6 nitrogen and oxygen atoms in total. The van der Waals surface area contributed by atoms with Crippen LogP contribution in [0.25, 0.3) is 0 Å². The number of benzene rings is 1. The summed E-state index contributed by atoms with van der Waals surface area (Å²) in [5.74, 6) is -0.213. The first-order valence-corrected chi connectivity index (χ1v) is 6.13. The Morgan fingerprint density at radius 2 is 2.16 bits per heavy atom. The summed E-state index contributed by atoms with van der Waals surface area (Å²) in [6, 6.07) is 4.96. The van der Waals surface area contributed by atoms with Gasteiger partial charge < -0.3 is 21.1 Å². The van der Waals surface area contributed by atoms with Gasteiger partial charge in [-0.3, -0.25) is 4.79 Å². The first kappa shape index (κ1) is 13.2. The van der Waals surface area contributed by atoms with Crippen LogP contribution in [0, 0.1) is 0 Å². The van der Waals surface area contributed by atoms with E-state index in [0.717, 1.165) is 12.0 Å². The van der Waals surface area contributed by atoms with Crippen molar-refractivity contribution in [3.8, 4) is 0 Å². The highest BCUT2D eigenvalue weighted by Crippen LogP contribution is 2.21. The minimum atomic E-state index is -1.19. The van der Waals surface area contributed by atoms with Crippen molar-refractivity contribution in [2.45, 2.75) is 25.9 Å². The molecule has 0 spiro atoms. The summed E-state index contributed by atoms with van der Waals surface area (Å²) in [5, 5.41) is 10.8. The van der Waals surface area contributed by atoms with Crippen LogP contribution in [0.5, 0.6) is 0 Å². The molecule has 0 aliphatic carbocycles. The Balaban J connectivity index is 2.08. The molecule has 2 amide bonds. The van der Waals surface area contributed by atoms with Gasteiger partial charge in [-0.1, -0.05) is 6.07 Å². The number of nitrogens with one attached hydrogen (secondary N) is 1. The van der Waals surface area contributed by atoms with Crippen LogP contribution in [0.2, 0.25) is 0 Å². The molecule has 102 valence electrons. The van der Waals surface area contributed by atoms with Crippen LogP contribution in [0.3, 0.4) is 0 Å². The second-order valence-electron chi connectivity index (χ2n) is 4.71. The summed E-state index contributed by atoms with van der Waals surface area (Å²) in [4.78, 5) is 24.3. The largest absolute Gasteiger partial charge is 0.465 e. The maximum Gasteiger partial charge on any atom is 0.405 e. The lowest BCUT2D eigenvalue weighted by Crippen LogP contribution is -2.48. The lowest BCUT2D eigenvalue weighted by atomic mass is 9.98. The van der Waals surface area contributed by atoms with Crippen molar-refractivity contribution in [1.29, 1.82) is 0 Å². The Labute approximate surface area is 111 Å². The summed E-state index contributed by atoms with van der Waals surface area (Å²) in [5.41, 5.74) is 8.63. The van der Waals surface area contributed by atoms with Gasteiger partial charge in [-0.25, -0.2) is 4.79 Å². The van der Waals surface area contributed by atoms with E-state index in [1.165, 1.54) is 5.56 Å². The fourth-order valence-corrected chi connectivity index (χ4v) is 2.29. The first-order chi connectivity index (χ1) is 8.97. The van der Waals surface area contributed by atoms with Gasteiger partial charge in [0.2, 0.25) is 5.91 Å². The summed E-state index contributed by atoms with van der Waals surface area (Å²) in [7, 11) is 0. The molecule has 0 saturated heterocycles. The van der Waals surface area contributed by atoms with Gasteiger partial charge in [-0.2, -0.15) is 0 Å². The van der Waals surface area contributed by atoms with Crippen molar-refractivity contribution in [2.24, 2.45) is 0 Å². The summed E-state index contributed by atoms with van der Waals surface area (Å²) in [6.07, 6.45) is -0.427. The molecule has 6 heteroatoms. The fraction of sp³-hybridized carbons (Fsp3) is 0.385. The number of carbonyl (C=O) groups is 2. The standard InChI is InChI=1S/C13H17N3O3/c1-8(15-13(18)19)12(17)16-5-4-9-2-3-11(14)6-10(9)7-16/h2-3,6,8,15H,4-5,7,14H2,1H3,(H,18,19). The Morgan fingerprint density at radius 1 is 1.42 bits per heavy atom. The van der Waals surface area contributed by atoms with Crippen LogP contribution < -0.4 is 11.1 Å². The number of rotatable bonds is 2. The molecule has 0 bridgehead atoms. The van der Waals surface area contributed by atoms with Gasteiger partial charge in [0.15, 0.2) is 0 Å². The van der Waals surface area contributed by atoms with Gasteiger partial charge in [0.25, 0.3) is 0 Å². The van der Waals surface area contributed by atoms with Gasteiger partial charge in [0.1, 0.15) is 6.04 Å². The number of nitrogens with zero attached hydrogens (tertiary/aromatic N) is 1. The number of carboxylic acid groups (broad SMARTS) is 1. The second kappa shape index (κ2) is 5.17. The topological polar surface area (TPSA) is 95.7 Å². The number of nitrogens with two attached hydrogens (primary N) is 1. The van der Waals surface area contributed by atoms with Gasteiger partial charge >= 0.3 is 6.09 Å². The number of fused-ring (bicyclic) bond motifs is 1. The molecule has 4 N–H and O–H groups in total. The van der Waals surface area contributed by atoms with Gasteiger partial charge in [0.05, 0.1) is 0 Å². The smallest absolute Gasteiger partial charge is 0.405 e. The quantitative estimate of drug-likeness (QED) is 0.688. The van der Waals surface area contributed by atoms with E-state index in [4.69, 9.17) is 10.8 Å². The first-order valence-electron chi connectivity index (χ1n) is 6.13. The van der Waals surface area contributed by atoms with Gasteiger partial charge in [-0.15, -0.1) is 0 Å². The Hall–Kier alpha value is -2.24. The third kappa shape index (κ3) is 2.96.